The van der Waals surface area contributed by atoms with Gasteiger partial charge in [-0.2, -0.15) is 0 Å². The summed E-state index contributed by atoms with van der Waals surface area (Å²) in [4.78, 5) is 14.4. The van der Waals surface area contributed by atoms with E-state index in [0.29, 0.717) is 0 Å². The lowest BCUT2D eigenvalue weighted by Crippen LogP contribution is -2.37. The molecule has 2 fully saturated rings. The van der Waals surface area contributed by atoms with Crippen molar-refractivity contribution in [3.63, 3.8) is 0 Å². The van der Waals surface area contributed by atoms with E-state index >= 15 is 0 Å². The summed E-state index contributed by atoms with van der Waals surface area (Å²) in [5, 5.41) is 0. The number of benzene rings is 1. The normalized spacial score (nSPS) is 29.1. The number of hydrogen-bond donors (Lipinski definition) is 0. The number of piperidine rings is 1. The van der Waals surface area contributed by atoms with Crippen LogP contribution in [0.25, 0.3) is 0 Å². The molecule has 0 N–H and O–H groups in total. The maximum atomic E-state index is 12.5. The Balaban J connectivity index is 1.76. The first-order valence-corrected chi connectivity index (χ1v) is 7.59. The van der Waals surface area contributed by atoms with E-state index in [4.69, 9.17) is 23.2 Å². The summed E-state index contributed by atoms with van der Waals surface area (Å²) in [5.41, 5.74) is 1.06. The summed E-state index contributed by atoms with van der Waals surface area (Å²) in [5.74, 6) is -0.221. The highest BCUT2D eigenvalue weighted by molar-refractivity contribution is 6.53. The molecule has 0 radical (unpaired) electrons. The van der Waals surface area contributed by atoms with E-state index in [1.807, 2.05) is 35.2 Å². The number of rotatable bonds is 2. The average Bonchev–Trinajstić information content (AvgIpc) is 3.02. The highest BCUT2D eigenvalue weighted by Crippen LogP contribution is 2.65. The van der Waals surface area contributed by atoms with E-state index in [1.165, 1.54) is 6.42 Å². The van der Waals surface area contributed by atoms with Gasteiger partial charge in [0.25, 0.3) is 0 Å². The van der Waals surface area contributed by atoms with Crippen LogP contribution in [0.15, 0.2) is 30.3 Å². The number of hydrogen-bond acceptors (Lipinski definition) is 1. The molecule has 2 nitrogen and oxygen atoms in total. The molecule has 1 aliphatic heterocycles. The van der Waals surface area contributed by atoms with Crippen molar-refractivity contribution in [1.29, 1.82) is 0 Å². The van der Waals surface area contributed by atoms with Crippen LogP contribution in [-0.4, -0.2) is 28.2 Å². The fourth-order valence-corrected chi connectivity index (χ4v) is 3.84. The Hall–Kier alpha value is -0.730. The molecule has 1 aromatic rings. The van der Waals surface area contributed by atoms with Crippen molar-refractivity contribution in [3.05, 3.63) is 35.9 Å². The molecule has 4 heteroatoms. The van der Waals surface area contributed by atoms with Crippen molar-refractivity contribution >= 4 is 29.1 Å². The third-order valence-electron chi connectivity index (χ3n) is 4.15. The van der Waals surface area contributed by atoms with Gasteiger partial charge in [0.1, 0.15) is 4.33 Å². The van der Waals surface area contributed by atoms with Crippen molar-refractivity contribution in [2.45, 2.75) is 29.5 Å². The fourth-order valence-electron chi connectivity index (χ4n) is 3.02. The Morgan fingerprint density at radius 1 is 1.11 bits per heavy atom. The third kappa shape index (κ3) is 2.36. The quantitative estimate of drug-likeness (QED) is 0.764. The number of halogens is 2. The zero-order valence-corrected chi connectivity index (χ0v) is 12.2. The van der Waals surface area contributed by atoms with Gasteiger partial charge < -0.3 is 4.90 Å². The minimum Gasteiger partial charge on any atom is -0.342 e. The molecule has 1 aliphatic carbocycles. The SMILES string of the molecule is O=C(C1C(c2ccccc2)C1(Cl)Cl)N1CCCCC1. The molecule has 1 aromatic carbocycles. The smallest absolute Gasteiger partial charge is 0.229 e. The molecule has 1 amide bonds. The van der Waals surface area contributed by atoms with Gasteiger partial charge in [-0.25, -0.2) is 0 Å². The van der Waals surface area contributed by atoms with E-state index in [1.54, 1.807) is 0 Å². The summed E-state index contributed by atoms with van der Waals surface area (Å²) < 4.78 is -0.935. The predicted molar refractivity (Wildman–Crippen MR) is 77.5 cm³/mol. The standard InChI is InChI=1S/C15H17Cl2NO/c16-15(17)12(11-7-3-1-4-8-11)13(15)14(19)18-9-5-2-6-10-18/h1,3-4,7-8,12-13H,2,5-6,9-10H2. The molecule has 19 heavy (non-hydrogen) atoms. The largest absolute Gasteiger partial charge is 0.342 e. The van der Waals surface area contributed by atoms with Crippen molar-refractivity contribution in [2.75, 3.05) is 13.1 Å². The Morgan fingerprint density at radius 3 is 2.37 bits per heavy atom. The van der Waals surface area contributed by atoms with Crippen LogP contribution in [0.4, 0.5) is 0 Å². The molecule has 2 unspecified atom stereocenters. The summed E-state index contributed by atoms with van der Waals surface area (Å²) in [6.45, 7) is 1.70. The Bertz CT molecular complexity index is 468. The van der Waals surface area contributed by atoms with Gasteiger partial charge in [-0.1, -0.05) is 30.3 Å². The maximum absolute atomic E-state index is 12.5. The molecule has 1 heterocycles. The molecule has 1 saturated heterocycles. The number of amides is 1. The Kier molecular flexibility index (Phi) is 3.48. The predicted octanol–water partition coefficient (Wildman–Crippen LogP) is 3.59. The zero-order chi connectivity index (χ0) is 13.5. The molecule has 0 bridgehead atoms. The van der Waals surface area contributed by atoms with Gasteiger partial charge in [-0.15, -0.1) is 23.2 Å². The summed E-state index contributed by atoms with van der Waals surface area (Å²) >= 11 is 12.7. The summed E-state index contributed by atoms with van der Waals surface area (Å²) in [6, 6.07) is 9.86. The van der Waals surface area contributed by atoms with Gasteiger partial charge in [-0.3, -0.25) is 4.79 Å². The number of carbonyl (C=O) groups excluding carboxylic acids is 1. The Labute approximate surface area is 123 Å². The molecule has 0 spiro atoms. The second-order valence-corrected chi connectivity index (χ2v) is 6.87. The van der Waals surface area contributed by atoms with E-state index in [2.05, 4.69) is 0 Å². The molecular formula is C15H17Cl2NO. The van der Waals surface area contributed by atoms with Crippen molar-refractivity contribution < 1.29 is 4.79 Å². The fraction of sp³-hybridized carbons (Fsp3) is 0.533. The maximum Gasteiger partial charge on any atom is 0.229 e. The molecule has 3 rings (SSSR count). The number of nitrogens with zero attached hydrogens (tertiary/aromatic N) is 1. The second-order valence-electron chi connectivity index (χ2n) is 5.43. The van der Waals surface area contributed by atoms with Gasteiger partial charge in [0.2, 0.25) is 5.91 Å². The molecular weight excluding hydrogens is 281 g/mol. The minimum absolute atomic E-state index is 0.0635. The summed E-state index contributed by atoms with van der Waals surface area (Å²) in [7, 11) is 0. The van der Waals surface area contributed by atoms with E-state index in [9.17, 15) is 4.79 Å². The Morgan fingerprint density at radius 2 is 1.74 bits per heavy atom. The van der Waals surface area contributed by atoms with Crippen LogP contribution in [0, 0.1) is 5.92 Å². The van der Waals surface area contributed by atoms with Crippen molar-refractivity contribution in [3.8, 4) is 0 Å². The van der Waals surface area contributed by atoms with Gasteiger partial charge >= 0.3 is 0 Å². The number of carbonyl (C=O) groups is 1. The minimum atomic E-state index is -0.935. The van der Waals surface area contributed by atoms with E-state index in [-0.39, 0.29) is 17.7 Å². The highest BCUT2D eigenvalue weighted by Gasteiger charge is 2.68. The first-order chi connectivity index (χ1) is 9.12. The molecule has 1 saturated carbocycles. The van der Waals surface area contributed by atoms with Crippen LogP contribution in [0.5, 0.6) is 0 Å². The topological polar surface area (TPSA) is 20.3 Å². The monoisotopic (exact) mass is 297 g/mol. The zero-order valence-electron chi connectivity index (χ0n) is 10.7. The van der Waals surface area contributed by atoms with Crippen LogP contribution >= 0.6 is 23.2 Å². The lowest BCUT2D eigenvalue weighted by atomic mass is 10.1. The molecule has 102 valence electrons. The number of likely N-dealkylation sites (tertiary alicyclic amines) is 1. The lowest BCUT2D eigenvalue weighted by Gasteiger charge is -2.27. The van der Waals surface area contributed by atoms with Crippen LogP contribution in [0.1, 0.15) is 30.7 Å². The van der Waals surface area contributed by atoms with Crippen LogP contribution in [0.2, 0.25) is 0 Å². The van der Waals surface area contributed by atoms with Gasteiger partial charge in [0, 0.05) is 19.0 Å². The van der Waals surface area contributed by atoms with Crippen LogP contribution < -0.4 is 0 Å². The van der Waals surface area contributed by atoms with E-state index in [0.717, 1.165) is 31.5 Å². The molecule has 2 aliphatic rings. The second kappa shape index (κ2) is 4.99. The van der Waals surface area contributed by atoms with Gasteiger partial charge in [0.05, 0.1) is 5.92 Å². The van der Waals surface area contributed by atoms with Crippen molar-refractivity contribution in [2.24, 2.45) is 5.92 Å². The highest BCUT2D eigenvalue weighted by atomic mass is 35.5. The van der Waals surface area contributed by atoms with Gasteiger partial charge in [0.15, 0.2) is 0 Å². The molecule has 2 atom stereocenters. The van der Waals surface area contributed by atoms with Crippen molar-refractivity contribution in [1.82, 2.24) is 4.90 Å². The molecule has 0 aromatic heterocycles. The van der Waals surface area contributed by atoms with E-state index < -0.39 is 4.33 Å². The van der Waals surface area contributed by atoms with Crippen LogP contribution in [0.3, 0.4) is 0 Å². The first-order valence-electron chi connectivity index (χ1n) is 6.84. The first kappa shape index (κ1) is 13.3. The van der Waals surface area contributed by atoms with Gasteiger partial charge in [-0.05, 0) is 24.8 Å². The third-order valence-corrected chi connectivity index (χ3v) is 5.09. The average molecular weight is 298 g/mol. The number of alkyl halides is 2. The van der Waals surface area contributed by atoms with Crippen LogP contribution in [-0.2, 0) is 4.79 Å². The lowest BCUT2D eigenvalue weighted by molar-refractivity contribution is -0.133. The summed E-state index contributed by atoms with van der Waals surface area (Å²) in [6.07, 6.45) is 3.39.